The summed E-state index contributed by atoms with van der Waals surface area (Å²) in [6.45, 7) is 0. The van der Waals surface area contributed by atoms with Gasteiger partial charge >= 0.3 is 0 Å². The van der Waals surface area contributed by atoms with E-state index in [2.05, 4.69) is 20.7 Å². The third-order valence-electron chi connectivity index (χ3n) is 2.66. The largest absolute Gasteiger partial charge is 0.494 e. The van der Waals surface area contributed by atoms with Gasteiger partial charge in [-0.1, -0.05) is 15.9 Å². The minimum Gasteiger partial charge on any atom is -0.494 e. The Kier molecular flexibility index (Phi) is 4.38. The zero-order valence-corrected chi connectivity index (χ0v) is 13.3. The molecule has 0 bridgehead atoms. The van der Waals surface area contributed by atoms with Crippen LogP contribution in [0, 0.1) is 5.82 Å². The first kappa shape index (κ1) is 15.6. The number of anilines is 2. The van der Waals surface area contributed by atoms with Crippen molar-refractivity contribution in [3.63, 3.8) is 0 Å². The van der Waals surface area contributed by atoms with Crippen LogP contribution in [0.4, 0.5) is 15.8 Å². The average molecular weight is 375 g/mol. The second-order valence-electron chi connectivity index (χ2n) is 4.14. The lowest BCUT2D eigenvalue weighted by Gasteiger charge is -2.11. The van der Waals surface area contributed by atoms with Crippen LogP contribution < -0.4 is 15.2 Å². The lowest BCUT2D eigenvalue weighted by Crippen LogP contribution is -2.15. The van der Waals surface area contributed by atoms with Crippen molar-refractivity contribution in [3.05, 3.63) is 46.7 Å². The number of hydrogen-bond acceptors (Lipinski definition) is 4. The molecule has 0 atom stereocenters. The van der Waals surface area contributed by atoms with Gasteiger partial charge in [0, 0.05) is 10.5 Å². The van der Waals surface area contributed by atoms with Crippen LogP contribution in [0.15, 0.2) is 45.8 Å². The molecule has 5 nitrogen and oxygen atoms in total. The molecule has 8 heteroatoms. The predicted molar refractivity (Wildman–Crippen MR) is 82.3 cm³/mol. The number of benzene rings is 2. The Morgan fingerprint density at radius 1 is 1.24 bits per heavy atom. The van der Waals surface area contributed by atoms with Gasteiger partial charge in [0.1, 0.15) is 4.90 Å². The van der Waals surface area contributed by atoms with Gasteiger partial charge in [0.2, 0.25) is 0 Å². The molecule has 0 aliphatic rings. The third-order valence-corrected chi connectivity index (χ3v) is 4.61. The summed E-state index contributed by atoms with van der Waals surface area (Å²) in [5.74, 6) is -0.636. The summed E-state index contributed by atoms with van der Waals surface area (Å²) >= 11 is 3.20. The van der Waals surface area contributed by atoms with Gasteiger partial charge in [0.15, 0.2) is 11.6 Å². The summed E-state index contributed by atoms with van der Waals surface area (Å²) in [6, 6.07) is 8.09. The van der Waals surface area contributed by atoms with Gasteiger partial charge in [-0.25, -0.2) is 12.8 Å². The van der Waals surface area contributed by atoms with E-state index < -0.39 is 15.8 Å². The molecule has 0 saturated heterocycles. The minimum absolute atomic E-state index is 0.0565. The van der Waals surface area contributed by atoms with Crippen molar-refractivity contribution in [2.45, 2.75) is 4.90 Å². The molecule has 2 aromatic rings. The average Bonchev–Trinajstić information content (AvgIpc) is 2.40. The van der Waals surface area contributed by atoms with E-state index in [0.29, 0.717) is 4.47 Å². The maximum Gasteiger partial charge on any atom is 0.263 e. The third kappa shape index (κ3) is 3.45. The van der Waals surface area contributed by atoms with Gasteiger partial charge in [0.05, 0.1) is 18.5 Å². The Balaban J connectivity index is 2.37. The summed E-state index contributed by atoms with van der Waals surface area (Å²) in [7, 11) is -2.58. The SMILES string of the molecule is COc1cc(NS(=O)(=O)c2ccc(Br)cc2N)ccc1F. The highest BCUT2D eigenvalue weighted by atomic mass is 79.9. The van der Waals surface area contributed by atoms with Crippen molar-refractivity contribution in [1.29, 1.82) is 0 Å². The standard InChI is InChI=1S/C13H12BrFN2O3S/c1-20-12-7-9(3-4-10(12)15)17-21(18,19)13-5-2-8(14)6-11(13)16/h2-7,17H,16H2,1H3. The van der Waals surface area contributed by atoms with E-state index in [-0.39, 0.29) is 22.0 Å². The fourth-order valence-corrected chi connectivity index (χ4v) is 3.24. The summed E-state index contributed by atoms with van der Waals surface area (Å²) in [4.78, 5) is -0.0611. The van der Waals surface area contributed by atoms with E-state index in [4.69, 9.17) is 10.5 Å². The van der Waals surface area contributed by atoms with Crippen LogP contribution in [0.25, 0.3) is 0 Å². The Morgan fingerprint density at radius 2 is 1.95 bits per heavy atom. The normalized spacial score (nSPS) is 11.2. The molecule has 0 unspecified atom stereocenters. The number of nitrogens with two attached hydrogens (primary N) is 1. The van der Waals surface area contributed by atoms with Gasteiger partial charge in [-0.2, -0.15) is 0 Å². The van der Waals surface area contributed by atoms with Crippen LogP contribution in [0.5, 0.6) is 5.75 Å². The van der Waals surface area contributed by atoms with Gasteiger partial charge in [0.25, 0.3) is 10.0 Å². The highest BCUT2D eigenvalue weighted by Crippen LogP contribution is 2.27. The van der Waals surface area contributed by atoms with Crippen LogP contribution in [0.1, 0.15) is 0 Å². The zero-order chi connectivity index (χ0) is 15.6. The summed E-state index contributed by atoms with van der Waals surface area (Å²) in [6.07, 6.45) is 0. The summed E-state index contributed by atoms with van der Waals surface area (Å²) < 4.78 is 45.7. The Bertz CT molecular complexity index is 781. The summed E-state index contributed by atoms with van der Waals surface area (Å²) in [5, 5.41) is 0. The van der Waals surface area contributed by atoms with Crippen LogP contribution in [-0.4, -0.2) is 15.5 Å². The van der Waals surface area contributed by atoms with Crippen molar-refractivity contribution >= 4 is 37.3 Å². The minimum atomic E-state index is -3.87. The molecule has 0 radical (unpaired) electrons. The van der Waals surface area contributed by atoms with E-state index in [1.807, 2.05) is 0 Å². The molecule has 0 heterocycles. The number of nitrogen functional groups attached to an aromatic ring is 1. The number of ether oxygens (including phenoxy) is 1. The van der Waals surface area contributed by atoms with Crippen LogP contribution in [-0.2, 0) is 10.0 Å². The van der Waals surface area contributed by atoms with Crippen molar-refractivity contribution in [1.82, 2.24) is 0 Å². The maximum atomic E-state index is 13.3. The molecule has 21 heavy (non-hydrogen) atoms. The topological polar surface area (TPSA) is 81.4 Å². The molecule has 0 fully saturated rings. The highest BCUT2D eigenvalue weighted by Gasteiger charge is 2.18. The van der Waals surface area contributed by atoms with Gasteiger partial charge in [-0.15, -0.1) is 0 Å². The second-order valence-corrected chi connectivity index (χ2v) is 6.70. The second kappa shape index (κ2) is 5.90. The number of hydrogen-bond donors (Lipinski definition) is 2. The van der Waals surface area contributed by atoms with E-state index in [1.54, 1.807) is 6.07 Å². The number of rotatable bonds is 4. The zero-order valence-electron chi connectivity index (χ0n) is 10.9. The van der Waals surface area contributed by atoms with Gasteiger partial charge < -0.3 is 10.5 Å². The molecule has 2 rings (SSSR count). The van der Waals surface area contributed by atoms with E-state index in [1.165, 1.54) is 31.4 Å². The van der Waals surface area contributed by atoms with E-state index in [0.717, 1.165) is 6.07 Å². The van der Waals surface area contributed by atoms with Crippen LogP contribution >= 0.6 is 15.9 Å². The molecule has 0 amide bonds. The fourth-order valence-electron chi connectivity index (χ4n) is 1.70. The van der Waals surface area contributed by atoms with E-state index in [9.17, 15) is 12.8 Å². The molecule has 3 N–H and O–H groups in total. The molecule has 0 aliphatic heterocycles. The van der Waals surface area contributed by atoms with Crippen LogP contribution in [0.2, 0.25) is 0 Å². The van der Waals surface area contributed by atoms with E-state index >= 15 is 0 Å². The van der Waals surface area contributed by atoms with Crippen molar-refractivity contribution in [3.8, 4) is 5.75 Å². The first-order valence-electron chi connectivity index (χ1n) is 5.75. The Morgan fingerprint density at radius 3 is 2.57 bits per heavy atom. The lowest BCUT2D eigenvalue weighted by molar-refractivity contribution is 0.387. The fraction of sp³-hybridized carbons (Fsp3) is 0.0769. The lowest BCUT2D eigenvalue weighted by atomic mass is 10.3. The number of sulfonamides is 1. The molecule has 0 spiro atoms. The Labute approximate surface area is 130 Å². The molecule has 0 aliphatic carbocycles. The number of halogens is 2. The monoisotopic (exact) mass is 374 g/mol. The predicted octanol–water partition coefficient (Wildman–Crippen LogP) is 2.98. The summed E-state index contributed by atoms with van der Waals surface area (Å²) in [5.41, 5.74) is 5.99. The quantitative estimate of drug-likeness (QED) is 0.806. The number of methoxy groups -OCH3 is 1. The smallest absolute Gasteiger partial charge is 0.263 e. The molecule has 0 aromatic heterocycles. The van der Waals surface area contributed by atoms with Crippen molar-refractivity contribution in [2.24, 2.45) is 0 Å². The van der Waals surface area contributed by atoms with Gasteiger partial charge in [-0.3, -0.25) is 4.72 Å². The maximum absolute atomic E-state index is 13.3. The van der Waals surface area contributed by atoms with Gasteiger partial charge in [-0.05, 0) is 30.3 Å². The molecular formula is C13H12BrFN2O3S. The van der Waals surface area contributed by atoms with Crippen LogP contribution in [0.3, 0.4) is 0 Å². The van der Waals surface area contributed by atoms with Crippen molar-refractivity contribution in [2.75, 3.05) is 17.6 Å². The first-order chi connectivity index (χ1) is 9.83. The molecule has 0 saturated carbocycles. The molecule has 112 valence electrons. The highest BCUT2D eigenvalue weighted by molar-refractivity contribution is 9.10. The molecular weight excluding hydrogens is 363 g/mol. The molecule has 2 aromatic carbocycles. The van der Waals surface area contributed by atoms with Crippen molar-refractivity contribution < 1.29 is 17.5 Å². The first-order valence-corrected chi connectivity index (χ1v) is 8.02. The Hall–Kier alpha value is -1.80. The number of nitrogens with one attached hydrogen (secondary N) is 1.